The maximum Gasteiger partial charge on any atom is 0.181 e. The number of anilines is 1. The van der Waals surface area contributed by atoms with Gasteiger partial charge in [-0.25, -0.2) is 9.97 Å². The fourth-order valence-electron chi connectivity index (χ4n) is 1.76. The van der Waals surface area contributed by atoms with Crippen LogP contribution < -0.4 is 5.73 Å². The van der Waals surface area contributed by atoms with E-state index in [1.165, 1.54) is 12.8 Å². The number of pyridine rings is 1. The summed E-state index contributed by atoms with van der Waals surface area (Å²) >= 11 is 6.85. The van der Waals surface area contributed by atoms with Crippen molar-refractivity contribution in [3.63, 3.8) is 0 Å². The molecule has 0 atom stereocenters. The van der Waals surface area contributed by atoms with Gasteiger partial charge < -0.3 is 5.73 Å². The minimum Gasteiger partial charge on any atom is -0.384 e. The molecule has 0 unspecified atom stereocenters. The Balaban J connectivity index is 2.10. The zero-order valence-electron chi connectivity index (χ0n) is 9.40. The van der Waals surface area contributed by atoms with Gasteiger partial charge in [-0.2, -0.15) is 0 Å². The molecule has 0 saturated heterocycles. The molecule has 1 aliphatic rings. The number of rotatable bonds is 2. The maximum absolute atomic E-state index is 5.84. The SMILES string of the molecule is Nc1cc(C2CC2)nc(-c2ncc(Br)cc2Br)n1. The second kappa shape index (κ2) is 4.59. The van der Waals surface area contributed by atoms with Crippen LogP contribution in [0.5, 0.6) is 0 Å². The van der Waals surface area contributed by atoms with E-state index >= 15 is 0 Å². The molecule has 1 fully saturated rings. The highest BCUT2D eigenvalue weighted by Gasteiger charge is 2.26. The van der Waals surface area contributed by atoms with E-state index in [-0.39, 0.29) is 0 Å². The van der Waals surface area contributed by atoms with Gasteiger partial charge >= 0.3 is 0 Å². The number of hydrogen-bond donors (Lipinski definition) is 1. The summed E-state index contributed by atoms with van der Waals surface area (Å²) < 4.78 is 1.76. The molecule has 18 heavy (non-hydrogen) atoms. The molecule has 2 aromatic rings. The number of aromatic nitrogens is 3. The van der Waals surface area contributed by atoms with Crippen LogP contribution in [0.25, 0.3) is 11.5 Å². The first-order valence-electron chi connectivity index (χ1n) is 5.59. The molecule has 2 N–H and O–H groups in total. The molecule has 0 aromatic carbocycles. The Morgan fingerprint density at radius 3 is 2.61 bits per heavy atom. The molecule has 4 nitrogen and oxygen atoms in total. The van der Waals surface area contributed by atoms with Crippen LogP contribution in [0.2, 0.25) is 0 Å². The molecule has 0 spiro atoms. The van der Waals surface area contributed by atoms with E-state index in [0.717, 1.165) is 14.6 Å². The Morgan fingerprint density at radius 1 is 1.17 bits per heavy atom. The molecule has 0 aliphatic heterocycles. The van der Waals surface area contributed by atoms with Crippen molar-refractivity contribution >= 4 is 37.7 Å². The molecule has 6 heteroatoms. The largest absolute Gasteiger partial charge is 0.384 e. The fourth-order valence-corrected chi connectivity index (χ4v) is 2.92. The topological polar surface area (TPSA) is 64.7 Å². The standard InChI is InChI=1S/C12H10Br2N4/c13-7-3-8(14)11(16-5-7)12-17-9(6-1-2-6)4-10(15)18-12/h3-6H,1-2H2,(H2,15,17,18). The maximum atomic E-state index is 5.84. The highest BCUT2D eigenvalue weighted by Crippen LogP contribution is 2.40. The molecular weight excluding hydrogens is 360 g/mol. The predicted octanol–water partition coefficient (Wildman–Crippen LogP) is 3.52. The Hall–Kier alpha value is -1.01. The van der Waals surface area contributed by atoms with Gasteiger partial charge in [-0.15, -0.1) is 0 Å². The minimum atomic E-state index is 0.499. The third-order valence-electron chi connectivity index (χ3n) is 2.78. The number of hydrogen-bond acceptors (Lipinski definition) is 4. The number of nitrogens with two attached hydrogens (primary N) is 1. The summed E-state index contributed by atoms with van der Waals surface area (Å²) in [6, 6.07) is 3.78. The normalized spacial score (nSPS) is 14.8. The summed E-state index contributed by atoms with van der Waals surface area (Å²) in [5, 5.41) is 0. The average molecular weight is 370 g/mol. The number of nitrogens with zero attached hydrogens (tertiary/aromatic N) is 3. The van der Waals surface area contributed by atoms with Crippen LogP contribution in [-0.4, -0.2) is 15.0 Å². The van der Waals surface area contributed by atoms with Crippen molar-refractivity contribution in [2.75, 3.05) is 5.73 Å². The first kappa shape index (κ1) is 12.0. The van der Waals surface area contributed by atoms with Gasteiger partial charge in [0, 0.05) is 32.8 Å². The van der Waals surface area contributed by atoms with Crippen molar-refractivity contribution < 1.29 is 0 Å². The van der Waals surface area contributed by atoms with E-state index in [4.69, 9.17) is 5.73 Å². The lowest BCUT2D eigenvalue weighted by molar-refractivity contribution is 0.990. The molecule has 1 saturated carbocycles. The summed E-state index contributed by atoms with van der Waals surface area (Å²) in [5.41, 5.74) is 7.58. The lowest BCUT2D eigenvalue weighted by Crippen LogP contribution is -2.01. The second-order valence-corrected chi connectivity index (χ2v) is 6.07. The van der Waals surface area contributed by atoms with Crippen LogP contribution in [0, 0.1) is 0 Å². The van der Waals surface area contributed by atoms with Crippen LogP contribution in [0.1, 0.15) is 24.5 Å². The first-order valence-corrected chi connectivity index (χ1v) is 7.18. The third-order valence-corrected chi connectivity index (χ3v) is 3.82. The van der Waals surface area contributed by atoms with E-state index in [1.807, 2.05) is 12.1 Å². The van der Waals surface area contributed by atoms with Gasteiger partial charge in [0.1, 0.15) is 11.5 Å². The average Bonchev–Trinajstić information content (AvgIpc) is 3.11. The smallest absolute Gasteiger partial charge is 0.181 e. The van der Waals surface area contributed by atoms with Gasteiger partial charge in [0.15, 0.2) is 5.82 Å². The van der Waals surface area contributed by atoms with E-state index in [9.17, 15) is 0 Å². The number of halogens is 2. The van der Waals surface area contributed by atoms with Crippen LogP contribution in [0.4, 0.5) is 5.82 Å². The van der Waals surface area contributed by atoms with Gasteiger partial charge in [0.05, 0.1) is 0 Å². The Morgan fingerprint density at radius 2 is 1.94 bits per heavy atom. The fraction of sp³-hybridized carbons (Fsp3) is 0.250. The Labute approximate surface area is 121 Å². The zero-order chi connectivity index (χ0) is 12.7. The van der Waals surface area contributed by atoms with Crippen molar-refractivity contribution in [2.24, 2.45) is 0 Å². The summed E-state index contributed by atoms with van der Waals surface area (Å²) in [4.78, 5) is 13.2. The summed E-state index contributed by atoms with van der Waals surface area (Å²) in [7, 11) is 0. The summed E-state index contributed by atoms with van der Waals surface area (Å²) in [5.74, 6) is 1.62. The molecule has 0 bridgehead atoms. The molecule has 1 aliphatic carbocycles. The van der Waals surface area contributed by atoms with E-state index in [0.29, 0.717) is 23.3 Å². The quantitative estimate of drug-likeness (QED) is 0.879. The summed E-state index contributed by atoms with van der Waals surface area (Å²) in [6.45, 7) is 0. The van der Waals surface area contributed by atoms with E-state index < -0.39 is 0 Å². The second-order valence-electron chi connectivity index (χ2n) is 4.30. The molecule has 92 valence electrons. The zero-order valence-corrected chi connectivity index (χ0v) is 12.6. The van der Waals surface area contributed by atoms with Gasteiger partial charge in [0.2, 0.25) is 0 Å². The van der Waals surface area contributed by atoms with E-state index in [1.54, 1.807) is 6.20 Å². The van der Waals surface area contributed by atoms with Crippen LogP contribution in [0.15, 0.2) is 27.3 Å². The van der Waals surface area contributed by atoms with Crippen molar-refractivity contribution in [3.05, 3.63) is 33.0 Å². The molecule has 0 radical (unpaired) electrons. The van der Waals surface area contributed by atoms with Gasteiger partial charge in [0.25, 0.3) is 0 Å². The monoisotopic (exact) mass is 368 g/mol. The lowest BCUT2D eigenvalue weighted by atomic mass is 10.2. The van der Waals surface area contributed by atoms with Crippen molar-refractivity contribution in [1.82, 2.24) is 15.0 Å². The highest BCUT2D eigenvalue weighted by molar-refractivity contribution is 9.11. The van der Waals surface area contributed by atoms with Crippen LogP contribution >= 0.6 is 31.9 Å². The Bertz CT molecular complexity index is 611. The molecule has 2 heterocycles. The van der Waals surface area contributed by atoms with Gasteiger partial charge in [-0.3, -0.25) is 4.98 Å². The van der Waals surface area contributed by atoms with Crippen LogP contribution in [-0.2, 0) is 0 Å². The lowest BCUT2D eigenvalue weighted by Gasteiger charge is -2.06. The molecule has 3 rings (SSSR count). The van der Waals surface area contributed by atoms with Crippen molar-refractivity contribution in [1.29, 1.82) is 0 Å². The van der Waals surface area contributed by atoms with Crippen LogP contribution in [0.3, 0.4) is 0 Å². The third kappa shape index (κ3) is 2.40. The van der Waals surface area contributed by atoms with Gasteiger partial charge in [-0.1, -0.05) is 0 Å². The molecular formula is C12H10Br2N4. The Kier molecular flexibility index (Phi) is 3.07. The van der Waals surface area contributed by atoms with Crippen molar-refractivity contribution in [2.45, 2.75) is 18.8 Å². The number of nitrogen functional groups attached to an aromatic ring is 1. The predicted molar refractivity (Wildman–Crippen MR) is 77.1 cm³/mol. The van der Waals surface area contributed by atoms with Crippen molar-refractivity contribution in [3.8, 4) is 11.5 Å². The van der Waals surface area contributed by atoms with Gasteiger partial charge in [-0.05, 0) is 50.8 Å². The summed E-state index contributed by atoms with van der Waals surface area (Å²) in [6.07, 6.45) is 4.10. The van der Waals surface area contributed by atoms with E-state index in [2.05, 4.69) is 46.8 Å². The molecule has 2 aromatic heterocycles. The first-order chi connectivity index (χ1) is 8.63. The minimum absolute atomic E-state index is 0.499. The molecule has 0 amide bonds. The highest BCUT2D eigenvalue weighted by atomic mass is 79.9.